The largest absolute Gasteiger partial charge is 0.391 e. The first-order valence-corrected chi connectivity index (χ1v) is 3.30. The summed E-state index contributed by atoms with van der Waals surface area (Å²) in [5, 5.41) is 18.8. The molecule has 70 valence electrons. The molecule has 0 bridgehead atoms. The minimum Gasteiger partial charge on any atom is -0.391 e. The Morgan fingerprint density at radius 1 is 1.46 bits per heavy atom. The van der Waals surface area contributed by atoms with Gasteiger partial charge in [-0.3, -0.25) is 10.1 Å². The number of nitro benzene ring substituents is 1. The molecule has 4 nitrogen and oxygen atoms in total. The normalized spacial score (nSPS) is 10.1. The van der Waals surface area contributed by atoms with Crippen LogP contribution >= 0.6 is 0 Å². The van der Waals surface area contributed by atoms with Crippen LogP contribution < -0.4 is 0 Å². The molecule has 0 atom stereocenters. The Kier molecular flexibility index (Phi) is 2.52. The van der Waals surface area contributed by atoms with Crippen molar-refractivity contribution in [3.05, 3.63) is 39.4 Å². The van der Waals surface area contributed by atoms with Crippen molar-refractivity contribution >= 4 is 5.69 Å². The lowest BCUT2D eigenvalue weighted by Gasteiger charge is -2.00. The van der Waals surface area contributed by atoms with Crippen LogP contribution in [0.5, 0.6) is 0 Å². The second kappa shape index (κ2) is 3.44. The summed E-state index contributed by atoms with van der Waals surface area (Å²) in [6.45, 7) is -0.903. The summed E-state index contributed by atoms with van der Waals surface area (Å²) in [6, 6.07) is 1.45. The molecular formula is C7H5F2NO3. The number of hydrogen-bond acceptors (Lipinski definition) is 3. The van der Waals surface area contributed by atoms with Crippen molar-refractivity contribution in [3.8, 4) is 0 Å². The zero-order valence-corrected chi connectivity index (χ0v) is 6.33. The van der Waals surface area contributed by atoms with Crippen molar-refractivity contribution in [2.45, 2.75) is 6.61 Å². The number of aliphatic hydroxyl groups is 1. The molecule has 1 aromatic rings. The van der Waals surface area contributed by atoms with Gasteiger partial charge in [0.2, 0.25) is 0 Å². The van der Waals surface area contributed by atoms with Crippen molar-refractivity contribution < 1.29 is 18.8 Å². The molecule has 0 aliphatic heterocycles. The minimum absolute atomic E-state index is 0.624. The van der Waals surface area contributed by atoms with Gasteiger partial charge in [-0.1, -0.05) is 0 Å². The van der Waals surface area contributed by atoms with E-state index in [4.69, 9.17) is 5.11 Å². The molecule has 6 heteroatoms. The van der Waals surface area contributed by atoms with Crippen molar-refractivity contribution in [1.29, 1.82) is 0 Å². The molecule has 1 rings (SSSR count). The Labute approximate surface area is 71.6 Å². The summed E-state index contributed by atoms with van der Waals surface area (Å²) in [6.07, 6.45) is 0. The third kappa shape index (κ3) is 1.62. The average molecular weight is 189 g/mol. The lowest BCUT2D eigenvalue weighted by Crippen LogP contribution is -2.00. The SMILES string of the molecule is O=[N+]([O-])c1ccc(F)c(F)c1CO. The highest BCUT2D eigenvalue weighted by Crippen LogP contribution is 2.23. The molecular weight excluding hydrogens is 184 g/mol. The number of hydrogen-bond donors (Lipinski definition) is 1. The van der Waals surface area contributed by atoms with E-state index in [0.717, 1.165) is 6.07 Å². The number of nitro groups is 1. The molecule has 0 aromatic heterocycles. The van der Waals surface area contributed by atoms with Gasteiger partial charge in [0.1, 0.15) is 0 Å². The number of benzene rings is 1. The van der Waals surface area contributed by atoms with E-state index in [1.165, 1.54) is 0 Å². The summed E-state index contributed by atoms with van der Waals surface area (Å²) in [5.41, 5.74) is -1.26. The van der Waals surface area contributed by atoms with E-state index in [9.17, 15) is 18.9 Å². The van der Waals surface area contributed by atoms with Crippen LogP contribution in [-0.4, -0.2) is 10.0 Å². The number of rotatable bonds is 2. The van der Waals surface area contributed by atoms with Gasteiger partial charge < -0.3 is 5.11 Å². The maximum absolute atomic E-state index is 12.8. The van der Waals surface area contributed by atoms with E-state index in [1.807, 2.05) is 0 Å². The second-order valence-electron chi connectivity index (χ2n) is 2.27. The smallest absolute Gasteiger partial charge is 0.278 e. The Hall–Kier alpha value is -1.56. The first-order chi connectivity index (χ1) is 6.07. The zero-order chi connectivity index (χ0) is 10.0. The Balaban J connectivity index is 3.38. The van der Waals surface area contributed by atoms with Crippen molar-refractivity contribution in [3.63, 3.8) is 0 Å². The lowest BCUT2D eigenvalue weighted by atomic mass is 10.2. The molecule has 0 amide bonds. The van der Waals surface area contributed by atoms with Crippen LogP contribution in [0.1, 0.15) is 5.56 Å². The summed E-state index contributed by atoms with van der Waals surface area (Å²) >= 11 is 0. The molecule has 0 radical (unpaired) electrons. The molecule has 1 N–H and O–H groups in total. The molecule has 0 saturated carbocycles. The fraction of sp³-hybridized carbons (Fsp3) is 0.143. The summed E-state index contributed by atoms with van der Waals surface area (Å²) < 4.78 is 25.3. The molecule has 1 aromatic carbocycles. The zero-order valence-electron chi connectivity index (χ0n) is 6.33. The topological polar surface area (TPSA) is 63.4 Å². The van der Waals surface area contributed by atoms with E-state index < -0.39 is 34.4 Å². The second-order valence-corrected chi connectivity index (χ2v) is 2.27. The molecule has 0 aliphatic rings. The van der Waals surface area contributed by atoms with E-state index in [2.05, 4.69) is 0 Å². The molecule has 0 aliphatic carbocycles. The standard InChI is InChI=1S/C7H5F2NO3/c8-5-1-2-6(10(12)13)4(3-11)7(5)9/h1-2,11H,3H2. The van der Waals surface area contributed by atoms with Crippen molar-refractivity contribution in [1.82, 2.24) is 0 Å². The third-order valence-corrected chi connectivity index (χ3v) is 1.53. The molecule has 0 spiro atoms. The molecule has 0 fully saturated rings. The number of aliphatic hydroxyl groups excluding tert-OH is 1. The van der Waals surface area contributed by atoms with Crippen LogP contribution in [-0.2, 0) is 6.61 Å². The lowest BCUT2D eigenvalue weighted by molar-refractivity contribution is -0.386. The Morgan fingerprint density at radius 2 is 2.08 bits per heavy atom. The van der Waals surface area contributed by atoms with Crippen LogP contribution in [0.15, 0.2) is 12.1 Å². The number of halogens is 2. The predicted molar refractivity (Wildman–Crippen MR) is 38.9 cm³/mol. The molecule has 0 unspecified atom stereocenters. The van der Waals surface area contributed by atoms with Gasteiger partial charge in [0.25, 0.3) is 5.69 Å². The maximum atomic E-state index is 12.8. The van der Waals surface area contributed by atoms with Crippen LogP contribution in [0.2, 0.25) is 0 Å². The highest BCUT2D eigenvalue weighted by molar-refractivity contribution is 5.40. The first kappa shape index (κ1) is 9.53. The monoisotopic (exact) mass is 189 g/mol. The van der Waals surface area contributed by atoms with E-state index in [0.29, 0.717) is 6.07 Å². The Morgan fingerprint density at radius 3 is 2.54 bits per heavy atom. The van der Waals surface area contributed by atoms with Gasteiger partial charge in [0, 0.05) is 6.07 Å². The van der Waals surface area contributed by atoms with Gasteiger partial charge in [0.15, 0.2) is 11.6 Å². The van der Waals surface area contributed by atoms with Gasteiger partial charge in [-0.05, 0) is 6.07 Å². The van der Waals surface area contributed by atoms with Gasteiger partial charge >= 0.3 is 0 Å². The van der Waals surface area contributed by atoms with E-state index in [-0.39, 0.29) is 0 Å². The fourth-order valence-electron chi connectivity index (χ4n) is 0.904. The molecule has 0 heterocycles. The van der Waals surface area contributed by atoms with Crippen LogP contribution in [0, 0.1) is 21.7 Å². The van der Waals surface area contributed by atoms with Crippen LogP contribution in [0.3, 0.4) is 0 Å². The van der Waals surface area contributed by atoms with Crippen molar-refractivity contribution in [2.75, 3.05) is 0 Å². The maximum Gasteiger partial charge on any atom is 0.278 e. The van der Waals surface area contributed by atoms with E-state index >= 15 is 0 Å². The van der Waals surface area contributed by atoms with E-state index in [1.54, 1.807) is 0 Å². The summed E-state index contributed by atoms with van der Waals surface area (Å²) in [4.78, 5) is 9.37. The third-order valence-electron chi connectivity index (χ3n) is 1.53. The van der Waals surface area contributed by atoms with Crippen LogP contribution in [0.25, 0.3) is 0 Å². The van der Waals surface area contributed by atoms with Crippen LogP contribution in [0.4, 0.5) is 14.5 Å². The first-order valence-electron chi connectivity index (χ1n) is 3.30. The number of nitrogens with zero attached hydrogens (tertiary/aromatic N) is 1. The summed E-state index contributed by atoms with van der Waals surface area (Å²) in [5.74, 6) is -2.59. The highest BCUT2D eigenvalue weighted by Gasteiger charge is 2.20. The Bertz CT molecular complexity index is 354. The minimum atomic E-state index is -1.38. The predicted octanol–water partition coefficient (Wildman–Crippen LogP) is 1.37. The highest BCUT2D eigenvalue weighted by atomic mass is 19.2. The fourth-order valence-corrected chi connectivity index (χ4v) is 0.904. The van der Waals surface area contributed by atoms with Crippen molar-refractivity contribution in [2.24, 2.45) is 0 Å². The molecule has 13 heavy (non-hydrogen) atoms. The van der Waals surface area contributed by atoms with Gasteiger partial charge in [-0.25, -0.2) is 8.78 Å². The quantitative estimate of drug-likeness (QED) is 0.564. The molecule has 0 saturated heterocycles. The van der Waals surface area contributed by atoms with Gasteiger partial charge in [-0.2, -0.15) is 0 Å². The van der Waals surface area contributed by atoms with Gasteiger partial charge in [-0.15, -0.1) is 0 Å². The van der Waals surface area contributed by atoms with Gasteiger partial charge in [0.05, 0.1) is 17.1 Å². The summed E-state index contributed by atoms with van der Waals surface area (Å²) in [7, 11) is 0. The average Bonchev–Trinajstić information content (AvgIpc) is 2.09.